The summed E-state index contributed by atoms with van der Waals surface area (Å²) in [6, 6.07) is 12.2. The monoisotopic (exact) mass is 393 g/mol. The van der Waals surface area contributed by atoms with Gasteiger partial charge in [-0.15, -0.1) is 0 Å². The molecule has 0 bridgehead atoms. The van der Waals surface area contributed by atoms with Crippen molar-refractivity contribution in [3.8, 4) is 5.75 Å². The Morgan fingerprint density at radius 3 is 2.70 bits per heavy atom. The minimum absolute atomic E-state index is 0.327. The van der Waals surface area contributed by atoms with Crippen LogP contribution in [0.3, 0.4) is 0 Å². The third-order valence-corrected chi connectivity index (χ3v) is 4.57. The number of nitrogens with one attached hydrogen (secondary N) is 1. The normalized spacial score (nSPS) is 10.3. The molecule has 2 aromatic carbocycles. The molecule has 0 saturated heterocycles. The lowest BCUT2D eigenvalue weighted by Crippen LogP contribution is -2.13. The third kappa shape index (κ3) is 4.69. The van der Waals surface area contributed by atoms with E-state index in [-0.39, 0.29) is 0 Å². The van der Waals surface area contributed by atoms with Gasteiger partial charge in [0.15, 0.2) is 0 Å². The molecule has 1 N–H and O–H groups in total. The average molecular weight is 394 g/mol. The van der Waals surface area contributed by atoms with Crippen molar-refractivity contribution in [2.45, 2.75) is 26.9 Å². The lowest BCUT2D eigenvalue weighted by Gasteiger charge is -2.15. The van der Waals surface area contributed by atoms with E-state index < -0.39 is 0 Å². The van der Waals surface area contributed by atoms with Crippen molar-refractivity contribution in [3.05, 3.63) is 57.6 Å². The Morgan fingerprint density at radius 1 is 1.26 bits per heavy atom. The lowest BCUT2D eigenvalue weighted by atomic mass is 10.1. The maximum absolute atomic E-state index is 6.00. The van der Waals surface area contributed by atoms with Gasteiger partial charge in [-0.25, -0.2) is 0 Å². The van der Waals surface area contributed by atoms with Crippen LogP contribution in [-0.2, 0) is 17.8 Å². The minimum atomic E-state index is 0.327. The van der Waals surface area contributed by atoms with Crippen LogP contribution in [0.2, 0.25) is 0 Å². The summed E-state index contributed by atoms with van der Waals surface area (Å²) in [7, 11) is 1.54. The second kappa shape index (κ2) is 8.31. The molecule has 0 aliphatic rings. The highest BCUT2D eigenvalue weighted by Crippen LogP contribution is 2.28. The summed E-state index contributed by atoms with van der Waals surface area (Å²) in [6.45, 7) is 4.64. The van der Waals surface area contributed by atoms with E-state index in [1.807, 2.05) is 24.3 Å². The SMILES string of the molecule is CCc1ccc(OCc2c(Br)cccc2NC(=S)OC)c(C)c1. The van der Waals surface area contributed by atoms with Gasteiger partial charge in [-0.3, -0.25) is 0 Å². The first-order valence-corrected chi connectivity index (χ1v) is 8.60. The molecule has 2 aromatic rings. The first-order chi connectivity index (χ1) is 11.0. The van der Waals surface area contributed by atoms with Crippen molar-refractivity contribution in [2.75, 3.05) is 12.4 Å². The molecular formula is C18H20BrNO2S. The summed E-state index contributed by atoms with van der Waals surface area (Å²) < 4.78 is 12.0. The number of thiocarbonyl (C=S) groups is 1. The second-order valence-electron chi connectivity index (χ2n) is 5.12. The summed E-state index contributed by atoms with van der Waals surface area (Å²) >= 11 is 8.65. The highest BCUT2D eigenvalue weighted by molar-refractivity contribution is 9.10. The maximum atomic E-state index is 6.00. The van der Waals surface area contributed by atoms with Crippen molar-refractivity contribution in [1.29, 1.82) is 0 Å². The van der Waals surface area contributed by atoms with Gasteiger partial charge in [0, 0.05) is 15.7 Å². The van der Waals surface area contributed by atoms with Gasteiger partial charge in [-0.1, -0.05) is 41.1 Å². The third-order valence-electron chi connectivity index (χ3n) is 3.56. The van der Waals surface area contributed by atoms with E-state index in [2.05, 4.69) is 47.2 Å². The van der Waals surface area contributed by atoms with Crippen molar-refractivity contribution < 1.29 is 9.47 Å². The largest absolute Gasteiger partial charge is 0.489 e. The fourth-order valence-electron chi connectivity index (χ4n) is 2.23. The molecule has 0 unspecified atom stereocenters. The van der Waals surface area contributed by atoms with Gasteiger partial charge < -0.3 is 14.8 Å². The minimum Gasteiger partial charge on any atom is -0.489 e. The van der Waals surface area contributed by atoms with E-state index in [1.54, 1.807) is 7.11 Å². The fourth-order valence-corrected chi connectivity index (χ4v) is 2.82. The van der Waals surface area contributed by atoms with E-state index in [9.17, 15) is 0 Å². The van der Waals surface area contributed by atoms with Crippen LogP contribution in [0.4, 0.5) is 5.69 Å². The Morgan fingerprint density at radius 2 is 2.04 bits per heavy atom. The van der Waals surface area contributed by atoms with E-state index in [0.717, 1.165) is 33.5 Å². The summed E-state index contributed by atoms with van der Waals surface area (Å²) in [5, 5.41) is 3.40. The highest BCUT2D eigenvalue weighted by atomic mass is 79.9. The van der Waals surface area contributed by atoms with Gasteiger partial charge >= 0.3 is 0 Å². The zero-order chi connectivity index (χ0) is 16.8. The molecule has 23 heavy (non-hydrogen) atoms. The van der Waals surface area contributed by atoms with Gasteiger partial charge in [-0.2, -0.15) is 0 Å². The van der Waals surface area contributed by atoms with E-state index in [1.165, 1.54) is 5.56 Å². The predicted octanol–water partition coefficient (Wildman–Crippen LogP) is 5.24. The topological polar surface area (TPSA) is 30.5 Å². The average Bonchev–Trinajstić information content (AvgIpc) is 2.55. The zero-order valence-corrected chi connectivity index (χ0v) is 15.9. The van der Waals surface area contributed by atoms with Crippen LogP contribution in [0.25, 0.3) is 0 Å². The van der Waals surface area contributed by atoms with Crippen LogP contribution < -0.4 is 10.1 Å². The molecular weight excluding hydrogens is 374 g/mol. The lowest BCUT2D eigenvalue weighted by molar-refractivity contribution is 0.304. The van der Waals surface area contributed by atoms with Crippen LogP contribution in [0.5, 0.6) is 5.75 Å². The number of hydrogen-bond donors (Lipinski definition) is 1. The number of halogens is 1. The number of hydrogen-bond acceptors (Lipinski definition) is 3. The Balaban J connectivity index is 2.18. The highest BCUT2D eigenvalue weighted by Gasteiger charge is 2.10. The number of methoxy groups -OCH3 is 1. The van der Waals surface area contributed by atoms with Crippen LogP contribution in [-0.4, -0.2) is 12.3 Å². The maximum Gasteiger partial charge on any atom is 0.260 e. The molecule has 5 heteroatoms. The van der Waals surface area contributed by atoms with Gasteiger partial charge in [0.25, 0.3) is 5.17 Å². The number of anilines is 1. The number of rotatable bonds is 5. The predicted molar refractivity (Wildman–Crippen MR) is 102 cm³/mol. The Hall–Kier alpha value is -1.59. The second-order valence-corrected chi connectivity index (χ2v) is 6.35. The van der Waals surface area contributed by atoms with Gasteiger partial charge in [0.1, 0.15) is 12.4 Å². The van der Waals surface area contributed by atoms with Crippen molar-refractivity contribution in [1.82, 2.24) is 0 Å². The van der Waals surface area contributed by atoms with Crippen molar-refractivity contribution in [2.24, 2.45) is 0 Å². The zero-order valence-electron chi connectivity index (χ0n) is 13.5. The molecule has 0 aromatic heterocycles. The smallest absolute Gasteiger partial charge is 0.260 e. The molecule has 0 spiro atoms. The molecule has 0 amide bonds. The van der Waals surface area contributed by atoms with Crippen LogP contribution >= 0.6 is 28.1 Å². The molecule has 0 atom stereocenters. The first kappa shape index (κ1) is 17.8. The van der Waals surface area contributed by atoms with Gasteiger partial charge in [0.05, 0.1) is 7.11 Å². The molecule has 0 heterocycles. The van der Waals surface area contributed by atoms with Crippen molar-refractivity contribution >= 4 is 39.0 Å². The summed E-state index contributed by atoms with van der Waals surface area (Å²) in [5.74, 6) is 0.887. The molecule has 0 aliphatic carbocycles. The quantitative estimate of drug-likeness (QED) is 0.703. The molecule has 0 fully saturated rings. The number of aryl methyl sites for hydroxylation is 2. The number of benzene rings is 2. The first-order valence-electron chi connectivity index (χ1n) is 7.39. The fraction of sp³-hybridized carbons (Fsp3) is 0.278. The standard InChI is InChI=1S/C18H20BrNO2S/c1-4-13-8-9-17(12(2)10-13)22-11-14-15(19)6-5-7-16(14)20-18(23)21-3/h5-10H,4,11H2,1-3H3,(H,20,23). The van der Waals surface area contributed by atoms with Gasteiger partial charge in [-0.05, 0) is 54.9 Å². The van der Waals surface area contributed by atoms with E-state index >= 15 is 0 Å². The summed E-state index contributed by atoms with van der Waals surface area (Å²) in [6.07, 6.45) is 1.02. The van der Waals surface area contributed by atoms with Gasteiger partial charge in [0.2, 0.25) is 0 Å². The Bertz CT molecular complexity index is 703. The van der Waals surface area contributed by atoms with Crippen LogP contribution in [0.15, 0.2) is 40.9 Å². The van der Waals surface area contributed by atoms with Crippen LogP contribution in [0, 0.1) is 6.92 Å². The van der Waals surface area contributed by atoms with Crippen LogP contribution in [0.1, 0.15) is 23.6 Å². The molecule has 0 aliphatic heterocycles. The molecule has 3 nitrogen and oxygen atoms in total. The Labute approximate surface area is 151 Å². The van der Waals surface area contributed by atoms with Crippen molar-refractivity contribution in [3.63, 3.8) is 0 Å². The van der Waals surface area contributed by atoms with E-state index in [0.29, 0.717) is 11.8 Å². The Kier molecular flexibility index (Phi) is 6.42. The molecule has 0 radical (unpaired) electrons. The summed E-state index contributed by atoms with van der Waals surface area (Å²) in [5.41, 5.74) is 4.31. The molecule has 2 rings (SSSR count). The molecule has 0 saturated carbocycles. The number of ether oxygens (including phenoxy) is 2. The van der Waals surface area contributed by atoms with E-state index in [4.69, 9.17) is 21.7 Å². The summed E-state index contributed by atoms with van der Waals surface area (Å²) in [4.78, 5) is 0. The molecule has 122 valence electrons.